The fraction of sp³-hybridized carbons (Fsp3) is 0.905. The standard InChI is InChI=1S/C21H34O/c1-4-14-7-10-18-17-9-6-15-5-8-16(22)13-21(15,3)19(17)11-12-20(14,18)2/h4,14-19,22H,1,5-13H2,2-3H3/t14?,15?,16?,17-,18-,19+,20+,21-/m0/s1. The Balaban J connectivity index is 1.64. The van der Waals surface area contributed by atoms with Crippen LogP contribution in [0.5, 0.6) is 0 Å². The highest BCUT2D eigenvalue weighted by atomic mass is 16.3. The van der Waals surface area contributed by atoms with Gasteiger partial charge < -0.3 is 5.11 Å². The van der Waals surface area contributed by atoms with E-state index in [-0.39, 0.29) is 6.10 Å². The van der Waals surface area contributed by atoms with Gasteiger partial charge in [0, 0.05) is 0 Å². The summed E-state index contributed by atoms with van der Waals surface area (Å²) < 4.78 is 0. The Bertz CT molecular complexity index is 457. The Morgan fingerprint density at radius 3 is 2.41 bits per heavy atom. The molecule has 4 aliphatic carbocycles. The number of hydrogen-bond acceptors (Lipinski definition) is 1. The third-order valence-corrected chi connectivity index (χ3v) is 8.95. The zero-order chi connectivity index (χ0) is 15.5. The lowest BCUT2D eigenvalue weighted by atomic mass is 9.44. The van der Waals surface area contributed by atoms with E-state index in [2.05, 4.69) is 26.5 Å². The normalized spacial score (nSPS) is 57.6. The van der Waals surface area contributed by atoms with Gasteiger partial charge in [-0.15, -0.1) is 6.58 Å². The topological polar surface area (TPSA) is 20.2 Å². The summed E-state index contributed by atoms with van der Waals surface area (Å²) in [5.74, 6) is 4.36. The van der Waals surface area contributed by atoms with Crippen molar-refractivity contribution < 1.29 is 5.11 Å². The van der Waals surface area contributed by atoms with Crippen molar-refractivity contribution in [3.63, 3.8) is 0 Å². The maximum absolute atomic E-state index is 10.3. The van der Waals surface area contributed by atoms with Gasteiger partial charge in [0.05, 0.1) is 6.10 Å². The van der Waals surface area contributed by atoms with Crippen LogP contribution in [0.2, 0.25) is 0 Å². The molecule has 0 spiro atoms. The van der Waals surface area contributed by atoms with E-state index in [1.54, 1.807) is 0 Å². The van der Waals surface area contributed by atoms with Crippen molar-refractivity contribution in [2.24, 2.45) is 40.4 Å². The second-order valence-electron chi connectivity index (χ2n) is 9.56. The predicted octanol–water partition coefficient (Wildman–Crippen LogP) is 5.19. The zero-order valence-corrected chi connectivity index (χ0v) is 14.6. The van der Waals surface area contributed by atoms with E-state index >= 15 is 0 Å². The number of hydrogen-bond donors (Lipinski definition) is 1. The van der Waals surface area contributed by atoms with Crippen molar-refractivity contribution in [1.29, 1.82) is 0 Å². The minimum Gasteiger partial charge on any atom is -0.393 e. The van der Waals surface area contributed by atoms with Crippen LogP contribution in [-0.4, -0.2) is 11.2 Å². The maximum Gasteiger partial charge on any atom is 0.0545 e. The van der Waals surface area contributed by atoms with Crippen LogP contribution in [0, 0.1) is 40.4 Å². The first-order valence-corrected chi connectivity index (χ1v) is 9.79. The second-order valence-corrected chi connectivity index (χ2v) is 9.56. The molecule has 0 saturated heterocycles. The van der Waals surface area contributed by atoms with Gasteiger partial charge in [-0.25, -0.2) is 0 Å². The van der Waals surface area contributed by atoms with Crippen molar-refractivity contribution in [1.82, 2.24) is 0 Å². The van der Waals surface area contributed by atoms with Gasteiger partial charge >= 0.3 is 0 Å². The molecule has 8 atom stereocenters. The summed E-state index contributed by atoms with van der Waals surface area (Å²) in [5.41, 5.74) is 0.952. The van der Waals surface area contributed by atoms with Crippen LogP contribution in [0.1, 0.15) is 71.6 Å². The largest absolute Gasteiger partial charge is 0.393 e. The van der Waals surface area contributed by atoms with E-state index in [9.17, 15) is 5.11 Å². The van der Waals surface area contributed by atoms with Crippen molar-refractivity contribution in [2.45, 2.75) is 77.7 Å². The summed E-state index contributed by atoms with van der Waals surface area (Å²) in [5, 5.41) is 10.3. The van der Waals surface area contributed by atoms with Crippen LogP contribution in [-0.2, 0) is 0 Å². The summed E-state index contributed by atoms with van der Waals surface area (Å²) in [6.07, 6.45) is 14.1. The average molecular weight is 303 g/mol. The number of aliphatic hydroxyl groups excluding tert-OH is 1. The Kier molecular flexibility index (Phi) is 3.53. The van der Waals surface area contributed by atoms with Gasteiger partial charge in [0.15, 0.2) is 0 Å². The van der Waals surface area contributed by atoms with E-state index in [1.807, 2.05) is 0 Å². The van der Waals surface area contributed by atoms with Gasteiger partial charge in [-0.3, -0.25) is 0 Å². The number of allylic oxidation sites excluding steroid dienone is 1. The summed E-state index contributed by atoms with van der Waals surface area (Å²) in [6.45, 7) is 9.25. The quantitative estimate of drug-likeness (QED) is 0.661. The molecule has 0 aliphatic heterocycles. The van der Waals surface area contributed by atoms with E-state index in [1.165, 1.54) is 44.9 Å². The minimum absolute atomic E-state index is 0.0298. The highest BCUT2D eigenvalue weighted by molar-refractivity contribution is 5.11. The first-order valence-electron chi connectivity index (χ1n) is 9.79. The molecule has 124 valence electrons. The van der Waals surface area contributed by atoms with Crippen molar-refractivity contribution >= 4 is 0 Å². The summed E-state index contributed by atoms with van der Waals surface area (Å²) in [6, 6.07) is 0. The van der Waals surface area contributed by atoms with Gasteiger partial charge in [-0.1, -0.05) is 19.9 Å². The average Bonchev–Trinajstić information content (AvgIpc) is 2.82. The lowest BCUT2D eigenvalue weighted by Gasteiger charge is -2.61. The van der Waals surface area contributed by atoms with Crippen LogP contribution < -0.4 is 0 Å². The molecule has 0 heterocycles. The van der Waals surface area contributed by atoms with Crippen LogP contribution >= 0.6 is 0 Å². The monoisotopic (exact) mass is 302 g/mol. The first-order chi connectivity index (χ1) is 10.5. The maximum atomic E-state index is 10.3. The Labute approximate surface area is 136 Å². The van der Waals surface area contributed by atoms with Crippen LogP contribution in [0.15, 0.2) is 12.7 Å². The van der Waals surface area contributed by atoms with Gasteiger partial charge in [0.2, 0.25) is 0 Å². The number of fused-ring (bicyclic) bond motifs is 5. The van der Waals surface area contributed by atoms with Crippen LogP contribution in [0.4, 0.5) is 0 Å². The second kappa shape index (κ2) is 5.10. The highest BCUT2D eigenvalue weighted by Crippen LogP contribution is 2.67. The van der Waals surface area contributed by atoms with E-state index < -0.39 is 0 Å². The SMILES string of the molecule is C=CC1CC[C@H]2[C@@H]3CCC4CCC(O)C[C@]4(C)[C@@H]3CC[C@]12C. The number of aliphatic hydroxyl groups is 1. The molecule has 4 rings (SSSR count). The summed E-state index contributed by atoms with van der Waals surface area (Å²) >= 11 is 0. The van der Waals surface area contributed by atoms with Gasteiger partial charge in [-0.05, 0) is 98.2 Å². The molecule has 3 unspecified atom stereocenters. The van der Waals surface area contributed by atoms with E-state index in [0.717, 1.165) is 42.4 Å². The molecule has 1 N–H and O–H groups in total. The fourth-order valence-electron chi connectivity index (χ4n) is 7.76. The first kappa shape index (κ1) is 15.2. The van der Waals surface area contributed by atoms with Gasteiger partial charge in [-0.2, -0.15) is 0 Å². The summed E-state index contributed by atoms with van der Waals surface area (Å²) in [7, 11) is 0. The van der Waals surface area contributed by atoms with Crippen molar-refractivity contribution in [3.05, 3.63) is 12.7 Å². The minimum atomic E-state index is -0.0298. The molecule has 4 aliphatic rings. The molecule has 0 amide bonds. The summed E-state index contributed by atoms with van der Waals surface area (Å²) in [4.78, 5) is 0. The molecular weight excluding hydrogens is 268 g/mol. The predicted molar refractivity (Wildman–Crippen MR) is 91.4 cm³/mol. The van der Waals surface area contributed by atoms with E-state index in [4.69, 9.17) is 0 Å². The van der Waals surface area contributed by atoms with Crippen LogP contribution in [0.25, 0.3) is 0 Å². The molecule has 0 aromatic carbocycles. The molecule has 22 heavy (non-hydrogen) atoms. The molecule has 1 nitrogen and oxygen atoms in total. The molecule has 1 heteroatoms. The van der Waals surface area contributed by atoms with Gasteiger partial charge in [0.1, 0.15) is 0 Å². The zero-order valence-electron chi connectivity index (χ0n) is 14.6. The smallest absolute Gasteiger partial charge is 0.0545 e. The lowest BCUT2D eigenvalue weighted by Crippen LogP contribution is -2.54. The molecular formula is C21H34O. The third-order valence-electron chi connectivity index (χ3n) is 8.95. The molecule has 0 radical (unpaired) electrons. The number of rotatable bonds is 1. The molecule has 0 aromatic heterocycles. The Hall–Kier alpha value is -0.300. The van der Waals surface area contributed by atoms with Crippen LogP contribution in [0.3, 0.4) is 0 Å². The van der Waals surface area contributed by atoms with Gasteiger partial charge in [0.25, 0.3) is 0 Å². The molecule has 0 aromatic rings. The Morgan fingerprint density at radius 2 is 1.64 bits per heavy atom. The van der Waals surface area contributed by atoms with Crippen molar-refractivity contribution in [3.8, 4) is 0 Å². The molecule has 0 bridgehead atoms. The van der Waals surface area contributed by atoms with E-state index in [0.29, 0.717) is 10.8 Å². The molecule has 4 fully saturated rings. The lowest BCUT2D eigenvalue weighted by molar-refractivity contribution is -0.128. The molecule has 4 saturated carbocycles. The highest BCUT2D eigenvalue weighted by Gasteiger charge is 2.59. The van der Waals surface area contributed by atoms with Crippen molar-refractivity contribution in [2.75, 3.05) is 0 Å². The fourth-order valence-corrected chi connectivity index (χ4v) is 7.76. The Morgan fingerprint density at radius 1 is 0.909 bits per heavy atom. The third kappa shape index (κ3) is 1.93.